The van der Waals surface area contributed by atoms with Crippen molar-refractivity contribution in [2.45, 2.75) is 0 Å². The minimum atomic E-state index is 0.593. The van der Waals surface area contributed by atoms with E-state index in [1.54, 1.807) is 0 Å². The molecule has 0 aliphatic heterocycles. The molecule has 4 heterocycles. The van der Waals surface area contributed by atoms with Crippen LogP contribution in [0.1, 0.15) is 0 Å². The van der Waals surface area contributed by atoms with E-state index in [-0.39, 0.29) is 0 Å². The lowest BCUT2D eigenvalue weighted by molar-refractivity contribution is 0.668. The van der Waals surface area contributed by atoms with E-state index in [2.05, 4.69) is 97.1 Å². The number of rotatable bonds is 5. The molecule has 0 radical (unpaired) electrons. The number of nitrogens with zero attached hydrogens (tertiary/aromatic N) is 3. The fraction of sp³-hybridized carbons (Fsp3) is 0. The summed E-state index contributed by atoms with van der Waals surface area (Å²) >= 11 is 1.84. The second-order valence-electron chi connectivity index (χ2n) is 14.3. The first-order chi connectivity index (χ1) is 28.2. The summed E-state index contributed by atoms with van der Waals surface area (Å²) in [6.45, 7) is 0. The Morgan fingerprint density at radius 2 is 0.895 bits per heavy atom. The molecule has 5 nitrogen and oxygen atoms in total. The first-order valence-corrected chi connectivity index (χ1v) is 19.7. The number of aromatic nitrogens is 3. The molecule has 0 spiro atoms. The molecule has 8 aromatic carbocycles. The maximum atomic E-state index is 6.66. The third kappa shape index (κ3) is 5.12. The fourth-order valence-electron chi connectivity index (χ4n) is 8.35. The Morgan fingerprint density at radius 3 is 1.70 bits per heavy atom. The van der Waals surface area contributed by atoms with Gasteiger partial charge >= 0.3 is 0 Å². The summed E-state index contributed by atoms with van der Waals surface area (Å²) in [5.41, 5.74) is 10.4. The fourth-order valence-corrected chi connectivity index (χ4v) is 9.49. The first-order valence-electron chi connectivity index (χ1n) is 18.9. The molecular formula is C51H29N3O2S. The van der Waals surface area contributed by atoms with Crippen LogP contribution in [0.15, 0.2) is 185 Å². The van der Waals surface area contributed by atoms with E-state index in [9.17, 15) is 0 Å². The van der Waals surface area contributed by atoms with Crippen molar-refractivity contribution in [2.24, 2.45) is 0 Å². The van der Waals surface area contributed by atoms with Crippen molar-refractivity contribution in [3.05, 3.63) is 176 Å². The van der Waals surface area contributed by atoms with Gasteiger partial charge < -0.3 is 8.83 Å². The zero-order valence-electron chi connectivity index (χ0n) is 30.3. The highest BCUT2D eigenvalue weighted by Gasteiger charge is 2.21. The van der Waals surface area contributed by atoms with Gasteiger partial charge in [0.15, 0.2) is 17.5 Å². The van der Waals surface area contributed by atoms with E-state index in [0.29, 0.717) is 17.5 Å². The van der Waals surface area contributed by atoms with Gasteiger partial charge in [-0.2, -0.15) is 0 Å². The largest absolute Gasteiger partial charge is 0.456 e. The summed E-state index contributed by atoms with van der Waals surface area (Å²) in [7, 11) is 0. The topological polar surface area (TPSA) is 65.0 Å². The van der Waals surface area contributed by atoms with Gasteiger partial charge in [0.25, 0.3) is 0 Å². The lowest BCUT2D eigenvalue weighted by atomic mass is 9.92. The van der Waals surface area contributed by atoms with Crippen LogP contribution in [0.4, 0.5) is 0 Å². The minimum absolute atomic E-state index is 0.593. The molecule has 0 bridgehead atoms. The molecular weight excluding hydrogens is 719 g/mol. The molecule has 0 N–H and O–H groups in total. The molecule has 266 valence electrons. The molecule has 6 heteroatoms. The van der Waals surface area contributed by atoms with Gasteiger partial charge in [-0.05, 0) is 70.8 Å². The summed E-state index contributed by atoms with van der Waals surface area (Å²) < 4.78 is 15.8. The molecule has 0 aliphatic carbocycles. The van der Waals surface area contributed by atoms with Gasteiger partial charge in [0, 0.05) is 58.4 Å². The molecule has 0 saturated heterocycles. The van der Waals surface area contributed by atoms with E-state index in [0.717, 1.165) is 77.3 Å². The monoisotopic (exact) mass is 747 g/mol. The second kappa shape index (κ2) is 12.6. The summed E-state index contributed by atoms with van der Waals surface area (Å²) in [6, 6.07) is 60.8. The molecule has 0 saturated carbocycles. The van der Waals surface area contributed by atoms with Gasteiger partial charge in [-0.3, -0.25) is 0 Å². The molecule has 12 aromatic rings. The van der Waals surface area contributed by atoms with Crippen LogP contribution in [-0.4, -0.2) is 15.0 Å². The zero-order chi connectivity index (χ0) is 37.5. The molecule has 0 atom stereocenters. The average Bonchev–Trinajstić information content (AvgIpc) is 3.97. The van der Waals surface area contributed by atoms with Gasteiger partial charge in [0.05, 0.1) is 0 Å². The van der Waals surface area contributed by atoms with Crippen molar-refractivity contribution in [3.8, 4) is 56.4 Å². The summed E-state index contributed by atoms with van der Waals surface area (Å²) in [4.78, 5) is 15.0. The van der Waals surface area contributed by atoms with Crippen LogP contribution in [0.5, 0.6) is 0 Å². The molecule has 4 aromatic heterocycles. The molecule has 0 fully saturated rings. The van der Waals surface area contributed by atoms with Crippen LogP contribution in [0.2, 0.25) is 0 Å². The van der Waals surface area contributed by atoms with E-state index in [4.69, 9.17) is 23.8 Å². The van der Waals surface area contributed by atoms with Crippen molar-refractivity contribution in [1.82, 2.24) is 15.0 Å². The molecule has 57 heavy (non-hydrogen) atoms. The summed E-state index contributed by atoms with van der Waals surface area (Å²) in [6.07, 6.45) is 0. The highest BCUT2D eigenvalue weighted by molar-refractivity contribution is 7.25. The predicted octanol–water partition coefficient (Wildman–Crippen LogP) is 14.4. The predicted molar refractivity (Wildman–Crippen MR) is 234 cm³/mol. The Hall–Kier alpha value is -7.41. The number of hydrogen-bond donors (Lipinski definition) is 0. The van der Waals surface area contributed by atoms with Gasteiger partial charge in [0.1, 0.15) is 22.3 Å². The lowest BCUT2D eigenvalue weighted by Gasteiger charge is -2.11. The number of fused-ring (bicyclic) bond motifs is 9. The standard InChI is InChI=1S/C51H29N3O2S/c1-3-13-30(14-4-1)49-52-50(31-15-5-2-6-16-31)54-51(53-49)38-20-11-22-41-46(38)36-26-25-32(28-42(36)56-41)33-27-39(47-35-17-7-9-21-40(35)55-43(47)29-33)34-19-12-24-45-48(34)37-18-8-10-23-44(37)57-45/h1-29H. The summed E-state index contributed by atoms with van der Waals surface area (Å²) in [5, 5.41) is 6.72. The van der Waals surface area contributed by atoms with Gasteiger partial charge in [-0.1, -0.05) is 127 Å². The van der Waals surface area contributed by atoms with Crippen LogP contribution >= 0.6 is 11.3 Å². The highest BCUT2D eigenvalue weighted by atomic mass is 32.1. The third-order valence-corrected chi connectivity index (χ3v) is 12.1. The Labute approximate surface area is 330 Å². The van der Waals surface area contributed by atoms with Crippen LogP contribution < -0.4 is 0 Å². The second-order valence-corrected chi connectivity index (χ2v) is 15.4. The van der Waals surface area contributed by atoms with E-state index < -0.39 is 0 Å². The van der Waals surface area contributed by atoms with Gasteiger partial charge in [-0.15, -0.1) is 11.3 Å². The number of para-hydroxylation sites is 1. The normalized spacial score (nSPS) is 11.9. The summed E-state index contributed by atoms with van der Waals surface area (Å²) in [5.74, 6) is 1.83. The lowest BCUT2D eigenvalue weighted by Crippen LogP contribution is -2.00. The zero-order valence-corrected chi connectivity index (χ0v) is 31.1. The van der Waals surface area contributed by atoms with E-state index >= 15 is 0 Å². The Balaban J connectivity index is 1.06. The molecule has 0 amide bonds. The van der Waals surface area contributed by atoms with Crippen LogP contribution in [0.3, 0.4) is 0 Å². The van der Waals surface area contributed by atoms with Gasteiger partial charge in [0.2, 0.25) is 0 Å². The minimum Gasteiger partial charge on any atom is -0.456 e. The smallest absolute Gasteiger partial charge is 0.164 e. The van der Waals surface area contributed by atoms with Crippen molar-refractivity contribution in [1.29, 1.82) is 0 Å². The van der Waals surface area contributed by atoms with Crippen molar-refractivity contribution >= 4 is 75.4 Å². The number of thiophene rings is 1. The van der Waals surface area contributed by atoms with Crippen LogP contribution in [0.25, 0.3) is 120 Å². The van der Waals surface area contributed by atoms with E-state index in [1.807, 2.05) is 90.2 Å². The van der Waals surface area contributed by atoms with Crippen LogP contribution in [-0.2, 0) is 0 Å². The van der Waals surface area contributed by atoms with Crippen molar-refractivity contribution in [3.63, 3.8) is 0 Å². The Kier molecular flexibility index (Phi) is 7.03. The van der Waals surface area contributed by atoms with Crippen molar-refractivity contribution < 1.29 is 8.83 Å². The maximum Gasteiger partial charge on any atom is 0.164 e. The Morgan fingerprint density at radius 1 is 0.316 bits per heavy atom. The highest BCUT2D eigenvalue weighted by Crippen LogP contribution is 2.46. The quantitative estimate of drug-likeness (QED) is 0.175. The molecule has 12 rings (SSSR count). The SMILES string of the molecule is c1ccc(-c2nc(-c3ccccc3)nc(-c3cccc4oc5cc(-c6cc(-c7cccc8sc9ccccc9c78)c7c(c6)oc6ccccc67)ccc5c34)n2)cc1. The maximum absolute atomic E-state index is 6.66. The molecule has 0 unspecified atom stereocenters. The number of furan rings is 2. The Bertz CT molecular complexity index is 3470. The van der Waals surface area contributed by atoms with E-state index in [1.165, 1.54) is 25.7 Å². The average molecular weight is 748 g/mol. The first kappa shape index (κ1) is 31.9. The number of benzene rings is 8. The molecule has 0 aliphatic rings. The van der Waals surface area contributed by atoms with Gasteiger partial charge in [-0.25, -0.2) is 15.0 Å². The van der Waals surface area contributed by atoms with Crippen LogP contribution in [0, 0.1) is 0 Å². The van der Waals surface area contributed by atoms with Crippen molar-refractivity contribution in [2.75, 3.05) is 0 Å². The third-order valence-electron chi connectivity index (χ3n) is 10.9. The number of hydrogen-bond acceptors (Lipinski definition) is 6.